The Hall–Kier alpha value is -1.55. The van der Waals surface area contributed by atoms with Crippen LogP contribution in [-0.2, 0) is 0 Å². The molecule has 0 radical (unpaired) electrons. The molecule has 1 aliphatic rings. The molecule has 1 heterocycles. The summed E-state index contributed by atoms with van der Waals surface area (Å²) in [5.74, 6) is 0.0990. The molecule has 0 aliphatic carbocycles. The van der Waals surface area contributed by atoms with Crippen molar-refractivity contribution in [3.8, 4) is 0 Å². The fourth-order valence-corrected chi connectivity index (χ4v) is 2.82. The van der Waals surface area contributed by atoms with Gasteiger partial charge in [-0.1, -0.05) is 19.9 Å². The molecule has 4 nitrogen and oxygen atoms in total. The minimum atomic E-state index is 0.0990. The number of carbonyl (C=O) groups is 1. The molecule has 0 spiro atoms. The zero-order chi connectivity index (χ0) is 13.8. The van der Waals surface area contributed by atoms with Gasteiger partial charge >= 0.3 is 0 Å². The van der Waals surface area contributed by atoms with Crippen molar-refractivity contribution in [1.82, 2.24) is 9.80 Å². The molecule has 1 unspecified atom stereocenters. The van der Waals surface area contributed by atoms with Crippen LogP contribution in [0.25, 0.3) is 0 Å². The average molecular weight is 261 g/mol. The molecule has 2 N–H and O–H groups in total. The second kappa shape index (κ2) is 6.06. The molecule has 1 atom stereocenters. The smallest absolute Gasteiger partial charge is 0.253 e. The van der Waals surface area contributed by atoms with Gasteiger partial charge in [-0.15, -0.1) is 0 Å². The van der Waals surface area contributed by atoms with E-state index in [1.807, 2.05) is 17.0 Å². The lowest BCUT2D eigenvalue weighted by Gasteiger charge is -2.26. The molecule has 1 amide bonds. The number of hydrogen-bond acceptors (Lipinski definition) is 3. The maximum atomic E-state index is 12.4. The Labute approximate surface area is 115 Å². The predicted octanol–water partition coefficient (Wildman–Crippen LogP) is 1.83. The number of likely N-dealkylation sites (tertiary alicyclic amines) is 1. The molecular weight excluding hydrogens is 238 g/mol. The van der Waals surface area contributed by atoms with Crippen molar-refractivity contribution in [2.45, 2.75) is 26.3 Å². The number of hydrogen-bond donors (Lipinski definition) is 1. The number of anilines is 1. The number of amides is 1. The van der Waals surface area contributed by atoms with E-state index in [-0.39, 0.29) is 5.91 Å². The van der Waals surface area contributed by atoms with Gasteiger partial charge in [0.1, 0.15) is 0 Å². The van der Waals surface area contributed by atoms with Crippen LogP contribution < -0.4 is 5.73 Å². The van der Waals surface area contributed by atoms with E-state index in [9.17, 15) is 4.79 Å². The first-order valence-corrected chi connectivity index (χ1v) is 7.04. The highest BCUT2D eigenvalue weighted by Crippen LogP contribution is 2.18. The fraction of sp³-hybridized carbons (Fsp3) is 0.533. The molecule has 0 bridgehead atoms. The summed E-state index contributed by atoms with van der Waals surface area (Å²) in [6.07, 6.45) is 1.07. The number of nitrogens with zero attached hydrogens (tertiary/aromatic N) is 2. The zero-order valence-electron chi connectivity index (χ0n) is 11.8. The lowest BCUT2D eigenvalue weighted by atomic mass is 10.2. The minimum absolute atomic E-state index is 0.0990. The first-order chi connectivity index (χ1) is 9.15. The van der Waals surface area contributed by atoms with Gasteiger partial charge in [0.15, 0.2) is 0 Å². The zero-order valence-corrected chi connectivity index (χ0v) is 11.8. The number of likely N-dealkylation sites (N-methyl/N-ethyl adjacent to an activating group) is 1. The summed E-state index contributed by atoms with van der Waals surface area (Å²) in [6.45, 7) is 8.10. The molecule has 0 aromatic heterocycles. The second-order valence-corrected chi connectivity index (χ2v) is 5.04. The molecule has 1 aliphatic heterocycles. The Morgan fingerprint density at radius 3 is 2.79 bits per heavy atom. The summed E-state index contributed by atoms with van der Waals surface area (Å²) >= 11 is 0. The highest BCUT2D eigenvalue weighted by molar-refractivity contribution is 5.95. The van der Waals surface area contributed by atoms with E-state index in [1.54, 1.807) is 12.1 Å². The molecule has 1 fully saturated rings. The van der Waals surface area contributed by atoms with Crippen LogP contribution in [0.2, 0.25) is 0 Å². The summed E-state index contributed by atoms with van der Waals surface area (Å²) < 4.78 is 0. The third-order valence-electron chi connectivity index (χ3n) is 3.91. The normalized spacial score (nSPS) is 19.1. The van der Waals surface area contributed by atoms with Crippen LogP contribution in [0.15, 0.2) is 24.3 Å². The van der Waals surface area contributed by atoms with Gasteiger partial charge in [0, 0.05) is 30.4 Å². The van der Waals surface area contributed by atoms with Gasteiger partial charge in [-0.05, 0) is 37.7 Å². The Kier molecular flexibility index (Phi) is 4.43. The van der Waals surface area contributed by atoms with Gasteiger partial charge in [-0.2, -0.15) is 0 Å². The van der Waals surface area contributed by atoms with Crippen LogP contribution in [0.1, 0.15) is 30.6 Å². The van der Waals surface area contributed by atoms with Crippen LogP contribution in [0.3, 0.4) is 0 Å². The molecule has 1 aromatic rings. The second-order valence-electron chi connectivity index (χ2n) is 5.04. The monoisotopic (exact) mass is 261 g/mol. The SMILES string of the molecule is CCN(CC)C1CCN(C(=O)c2cccc(N)c2)C1. The Balaban J connectivity index is 2.02. The van der Waals surface area contributed by atoms with Gasteiger partial charge in [0.05, 0.1) is 0 Å². The van der Waals surface area contributed by atoms with Crippen molar-refractivity contribution < 1.29 is 4.79 Å². The van der Waals surface area contributed by atoms with E-state index in [0.717, 1.165) is 32.6 Å². The molecular formula is C15H23N3O. The van der Waals surface area contributed by atoms with Crippen LogP contribution in [0.4, 0.5) is 5.69 Å². The van der Waals surface area contributed by atoms with Crippen LogP contribution in [-0.4, -0.2) is 47.9 Å². The van der Waals surface area contributed by atoms with Crippen molar-refractivity contribution in [2.24, 2.45) is 0 Å². The average Bonchev–Trinajstić information content (AvgIpc) is 2.89. The third-order valence-corrected chi connectivity index (χ3v) is 3.91. The van der Waals surface area contributed by atoms with E-state index in [4.69, 9.17) is 5.73 Å². The van der Waals surface area contributed by atoms with E-state index in [0.29, 0.717) is 17.3 Å². The largest absolute Gasteiger partial charge is 0.399 e. The first-order valence-electron chi connectivity index (χ1n) is 7.04. The molecule has 2 rings (SSSR count). The lowest BCUT2D eigenvalue weighted by molar-refractivity contribution is 0.0778. The summed E-state index contributed by atoms with van der Waals surface area (Å²) in [6, 6.07) is 7.73. The Morgan fingerprint density at radius 1 is 1.42 bits per heavy atom. The van der Waals surface area contributed by atoms with Gasteiger partial charge in [-0.3, -0.25) is 9.69 Å². The number of nitrogens with two attached hydrogens (primary N) is 1. The van der Waals surface area contributed by atoms with Crippen molar-refractivity contribution in [2.75, 3.05) is 31.9 Å². The molecule has 1 saturated heterocycles. The highest BCUT2D eigenvalue weighted by atomic mass is 16.2. The molecule has 0 saturated carbocycles. The number of nitrogen functional groups attached to an aromatic ring is 1. The first kappa shape index (κ1) is 13.9. The molecule has 1 aromatic carbocycles. The van der Waals surface area contributed by atoms with Gasteiger partial charge < -0.3 is 10.6 Å². The minimum Gasteiger partial charge on any atom is -0.399 e. The van der Waals surface area contributed by atoms with Crippen molar-refractivity contribution in [3.05, 3.63) is 29.8 Å². The Bertz CT molecular complexity index is 443. The highest BCUT2D eigenvalue weighted by Gasteiger charge is 2.29. The summed E-state index contributed by atoms with van der Waals surface area (Å²) in [7, 11) is 0. The van der Waals surface area contributed by atoms with E-state index in [1.165, 1.54) is 0 Å². The molecule has 104 valence electrons. The quantitative estimate of drug-likeness (QED) is 0.841. The third kappa shape index (κ3) is 3.07. The van der Waals surface area contributed by atoms with Gasteiger partial charge in [0.25, 0.3) is 5.91 Å². The van der Waals surface area contributed by atoms with E-state index >= 15 is 0 Å². The molecule has 4 heteroatoms. The van der Waals surface area contributed by atoms with Gasteiger partial charge in [0.2, 0.25) is 0 Å². The van der Waals surface area contributed by atoms with Crippen LogP contribution in [0.5, 0.6) is 0 Å². The van der Waals surface area contributed by atoms with Crippen molar-refractivity contribution >= 4 is 11.6 Å². The van der Waals surface area contributed by atoms with E-state index in [2.05, 4.69) is 18.7 Å². The maximum absolute atomic E-state index is 12.4. The van der Waals surface area contributed by atoms with E-state index < -0.39 is 0 Å². The number of benzene rings is 1. The van der Waals surface area contributed by atoms with Crippen LogP contribution in [0, 0.1) is 0 Å². The topological polar surface area (TPSA) is 49.6 Å². The predicted molar refractivity (Wildman–Crippen MR) is 78.1 cm³/mol. The maximum Gasteiger partial charge on any atom is 0.253 e. The fourth-order valence-electron chi connectivity index (χ4n) is 2.82. The standard InChI is InChI=1S/C15H23N3O/c1-3-17(4-2)14-8-9-18(11-14)15(19)12-6-5-7-13(16)10-12/h5-7,10,14H,3-4,8-9,11,16H2,1-2H3. The summed E-state index contributed by atoms with van der Waals surface area (Å²) in [5.41, 5.74) is 7.07. The number of carbonyl (C=O) groups excluding carboxylic acids is 1. The summed E-state index contributed by atoms with van der Waals surface area (Å²) in [4.78, 5) is 16.8. The molecule has 19 heavy (non-hydrogen) atoms. The van der Waals surface area contributed by atoms with Crippen molar-refractivity contribution in [1.29, 1.82) is 0 Å². The van der Waals surface area contributed by atoms with Gasteiger partial charge in [-0.25, -0.2) is 0 Å². The van der Waals surface area contributed by atoms with Crippen molar-refractivity contribution in [3.63, 3.8) is 0 Å². The van der Waals surface area contributed by atoms with Crippen LogP contribution >= 0.6 is 0 Å². The number of rotatable bonds is 4. The lowest BCUT2D eigenvalue weighted by Crippen LogP contribution is -2.38. The summed E-state index contributed by atoms with van der Waals surface area (Å²) in [5, 5.41) is 0. The Morgan fingerprint density at radius 2 is 2.16 bits per heavy atom.